The summed E-state index contributed by atoms with van der Waals surface area (Å²) in [5, 5.41) is 84.2. The van der Waals surface area contributed by atoms with Crippen molar-refractivity contribution < 1.29 is 121 Å². The van der Waals surface area contributed by atoms with Gasteiger partial charge in [-0.3, -0.25) is 101 Å². The van der Waals surface area contributed by atoms with Gasteiger partial charge in [0.05, 0.1) is 51.3 Å². The van der Waals surface area contributed by atoms with E-state index in [4.69, 9.17) is 28.0 Å². The molecule has 51 nitrogen and oxygen atoms in total. The van der Waals surface area contributed by atoms with Crippen LogP contribution >= 0.6 is 25.3 Å². The van der Waals surface area contributed by atoms with Gasteiger partial charge in [0.2, 0.25) is 118 Å². The number of nitrogens with two attached hydrogens (primary N) is 4. The Morgan fingerprint density at radius 2 is 0.925 bits per heavy atom. The monoisotopic (exact) mass is 2090 g/mol. The molecule has 2 saturated heterocycles. The number of imidazole rings is 1. The number of nitrogens with one attached hydrogen (secondary N) is 19. The fourth-order valence-corrected chi connectivity index (χ4v) is 16.6. The van der Waals surface area contributed by atoms with Crippen LogP contribution in [0.2, 0.25) is 0 Å². The molecule has 31 N–H and O–H groups in total. The Morgan fingerprint density at radius 3 is 1.49 bits per heavy atom. The van der Waals surface area contributed by atoms with Gasteiger partial charge < -0.3 is 154 Å². The third-order valence-electron chi connectivity index (χ3n) is 24.0. The number of rotatable bonds is 60. The van der Waals surface area contributed by atoms with E-state index in [0.717, 1.165) is 6.92 Å². The molecule has 7 rings (SSSR count). The van der Waals surface area contributed by atoms with Crippen LogP contribution in [-0.2, 0) is 126 Å². The molecule has 4 heterocycles. The average Bonchev–Trinajstić information content (AvgIpc) is 1.71. The number of benzene rings is 3. The van der Waals surface area contributed by atoms with Crippen molar-refractivity contribution in [1.82, 2.24) is 115 Å². The normalized spacial score (nSPS) is 16.3. The zero-order valence-electron chi connectivity index (χ0n) is 82.3. The minimum absolute atomic E-state index is 0.00325. The van der Waals surface area contributed by atoms with Gasteiger partial charge in [0, 0.05) is 91.4 Å². The first-order valence-electron chi connectivity index (χ1n) is 48.0. The van der Waals surface area contributed by atoms with Crippen LogP contribution in [0.3, 0.4) is 0 Å². The van der Waals surface area contributed by atoms with Crippen LogP contribution in [0.25, 0.3) is 10.9 Å². The van der Waals surface area contributed by atoms with Crippen molar-refractivity contribution in [3.8, 4) is 0 Å². The number of likely N-dealkylation sites (tertiary alicyclic amines) is 2. The molecule has 5 aromatic rings. The fraction of sp³-hybridized carbons (Fsp3) is 0.532. The fourth-order valence-electron chi connectivity index (χ4n) is 16.1. The molecular formula is C94H136N26O25S2. The number of nitrogens with zero attached hydrogens (tertiary/aromatic N) is 3. The Morgan fingerprint density at radius 1 is 0.456 bits per heavy atom. The standard InChI is InChI=1S/C94H136N26O25S2/c1-48(2)32-61(84(135)118-79(51(6)123)93(144)112-64(35-54-38-100-58-19-11-10-18-57(54)58)85(136)117-77(49(3)4)91(142)115-68(46-147)87(138)107-60(20-12-13-29-95)94(145)120-31-15-22-70(120)90(141)106-59(27-28-71(98)124)80(131)103-40-73(126)102-43-76(129)130)110-89(140)69-21-14-30-119(69)75(128)42-104-81(132)62(33-52-16-8-7-9-17-52)108-83(134)65(36-56-39-99-47-105-56)109-88(139)67(45-146)114-86(137)66(44-121)113-82(133)63(34-53-23-25-55(97)26-24-53)111-92(143)78(50(5)122)116-74(127)41-101-72(125)37-96/h7-11,16-19,23-26,38-39,47-51,59-70,77-79,100,121-123,146-147H,12-15,20-22,27-37,40-46,95-97H2,1-6H3,(H2,98,124)(H,99,105)(H,101,125)(H,102,126)(H,103,131)(H,104,132)(H,106,141)(H,107,138)(H,108,134)(H,109,139)(H,110,140)(H,111,143)(H,112,144)(H,113,133)(H,114,137)(H,115,142)(H,116,127)(H,117,136)(H,118,135)(H,129,130)/t50-,51-,59+,60+,61+,62+,63+,64+,65+,66+,67+,68+,69+,70+,77+,78+,79+/m1/s1. The maximum absolute atomic E-state index is 15.0. The molecule has 2 aliphatic rings. The number of amides is 20. The summed E-state index contributed by atoms with van der Waals surface area (Å²) in [5.41, 5.74) is 25.0. The lowest BCUT2D eigenvalue weighted by Crippen LogP contribution is -2.62. The first kappa shape index (κ1) is 120. The number of hydrogen-bond donors (Lipinski definition) is 29. The van der Waals surface area contributed by atoms with Gasteiger partial charge in [-0.2, -0.15) is 25.3 Å². The molecule has 53 heteroatoms. The second kappa shape index (κ2) is 59.9. The number of aliphatic hydroxyl groups is 3. The van der Waals surface area contributed by atoms with Crippen LogP contribution in [0.5, 0.6) is 0 Å². The van der Waals surface area contributed by atoms with Crippen molar-refractivity contribution in [2.24, 2.45) is 29.0 Å². The molecular weight excluding hydrogens is 1960 g/mol. The van der Waals surface area contributed by atoms with E-state index in [2.05, 4.69) is 131 Å². The van der Waals surface area contributed by atoms with Crippen LogP contribution in [-0.4, -0.2) is 343 Å². The van der Waals surface area contributed by atoms with Gasteiger partial charge in [-0.25, -0.2) is 4.98 Å². The number of carbonyl (C=O) groups is 21. The van der Waals surface area contributed by atoms with Crippen molar-refractivity contribution >= 4 is 166 Å². The number of carboxylic acid groups (broad SMARTS) is 1. The van der Waals surface area contributed by atoms with Crippen LogP contribution in [0.15, 0.2) is 97.6 Å². The number of thiol groups is 2. The lowest BCUT2D eigenvalue weighted by Gasteiger charge is -2.31. The molecule has 147 heavy (non-hydrogen) atoms. The van der Waals surface area contributed by atoms with Gasteiger partial charge in [-0.1, -0.05) is 88.4 Å². The van der Waals surface area contributed by atoms with Gasteiger partial charge in [-0.05, 0) is 125 Å². The van der Waals surface area contributed by atoms with Gasteiger partial charge in [0.15, 0.2) is 0 Å². The molecule has 0 unspecified atom stereocenters. The lowest BCUT2D eigenvalue weighted by molar-refractivity contribution is -0.142. The minimum Gasteiger partial charge on any atom is -0.480 e. The number of carbonyl (C=O) groups excluding carboxylic acids is 20. The summed E-state index contributed by atoms with van der Waals surface area (Å²) in [6.45, 7) is 4.70. The van der Waals surface area contributed by atoms with E-state index < -0.39 is 284 Å². The zero-order valence-corrected chi connectivity index (χ0v) is 84.1. The van der Waals surface area contributed by atoms with Crippen LogP contribution in [0.1, 0.15) is 128 Å². The maximum atomic E-state index is 15.0. The highest BCUT2D eigenvalue weighted by molar-refractivity contribution is 7.80. The summed E-state index contributed by atoms with van der Waals surface area (Å²) in [6, 6.07) is -1.84. The highest BCUT2D eigenvalue weighted by Crippen LogP contribution is 2.25. The van der Waals surface area contributed by atoms with Gasteiger partial charge >= 0.3 is 5.97 Å². The van der Waals surface area contributed by atoms with Crippen molar-refractivity contribution in [1.29, 1.82) is 0 Å². The molecule has 2 aliphatic heterocycles. The quantitative estimate of drug-likeness (QED) is 0.00976. The van der Waals surface area contributed by atoms with Crippen molar-refractivity contribution in [2.75, 3.05) is 76.2 Å². The Balaban J connectivity index is 1.02. The molecule has 20 amide bonds. The highest BCUT2D eigenvalue weighted by Gasteiger charge is 2.44. The molecule has 804 valence electrons. The van der Waals surface area contributed by atoms with Crippen LogP contribution in [0, 0.1) is 11.8 Å². The van der Waals surface area contributed by atoms with Gasteiger partial charge in [-0.15, -0.1) is 0 Å². The number of aliphatic carboxylic acids is 1. The van der Waals surface area contributed by atoms with Crippen molar-refractivity contribution in [3.63, 3.8) is 0 Å². The van der Waals surface area contributed by atoms with Crippen molar-refractivity contribution in [2.45, 2.75) is 234 Å². The summed E-state index contributed by atoms with van der Waals surface area (Å²) in [4.78, 5) is 302. The van der Waals surface area contributed by atoms with E-state index in [1.165, 1.54) is 53.5 Å². The first-order valence-corrected chi connectivity index (χ1v) is 49.3. The van der Waals surface area contributed by atoms with Crippen LogP contribution in [0.4, 0.5) is 5.69 Å². The summed E-state index contributed by atoms with van der Waals surface area (Å²) >= 11 is 8.66. The van der Waals surface area contributed by atoms with E-state index in [1.54, 1.807) is 88.5 Å². The summed E-state index contributed by atoms with van der Waals surface area (Å²) in [6.07, 6.45) is 0.295. The number of primary amides is 1. The average molecular weight is 2090 g/mol. The van der Waals surface area contributed by atoms with Crippen LogP contribution < -0.4 is 113 Å². The largest absolute Gasteiger partial charge is 0.480 e. The predicted octanol–water partition coefficient (Wildman–Crippen LogP) is -8.75. The second-order valence-electron chi connectivity index (χ2n) is 36.3. The number of para-hydroxylation sites is 1. The number of hydrogen-bond acceptors (Lipinski definition) is 30. The molecule has 2 fully saturated rings. The molecule has 3 aromatic carbocycles. The second-order valence-corrected chi connectivity index (χ2v) is 37.1. The molecule has 0 bridgehead atoms. The highest BCUT2D eigenvalue weighted by atomic mass is 32.1. The van der Waals surface area contributed by atoms with E-state index in [-0.39, 0.29) is 114 Å². The van der Waals surface area contributed by atoms with Crippen molar-refractivity contribution in [3.05, 3.63) is 120 Å². The SMILES string of the molecule is CC(C)C[C@H](NC(=O)[C@@H]1CCCN1C(=O)CNC(=O)[C@H](Cc1ccccc1)NC(=O)[C@H](Cc1cnc[nH]1)NC(=O)[C@H](CS)NC(=O)[C@H](CO)NC(=O)[C@H](Cc1ccc(N)cc1)NC(=O)[C@@H](NC(=O)CNC(=O)CN)[C@@H](C)O)C(=O)N[C@H](C(=O)N[C@@H](Cc1c[nH]c2ccccc12)C(=O)N[C@H](C(=O)N[C@@H](CS)C(=O)N[C@@H](CCCCN)C(=O)N1CCC[C@H]1C(=O)N[C@@H](CCC(N)=O)C(=O)NCC(=O)NCC(=O)O)C(C)C)[C@@H](C)O. The minimum atomic E-state index is -1.87. The molecule has 0 spiro atoms. The number of aromatic amines is 2. The third kappa shape index (κ3) is 38.2. The smallest absolute Gasteiger partial charge is 0.322 e. The van der Waals surface area contributed by atoms with E-state index in [1.807, 2.05) is 0 Å². The summed E-state index contributed by atoms with van der Waals surface area (Å²) in [5.74, 6) is -22.0. The number of nitrogen functional groups attached to an aromatic ring is 1. The number of unbranched alkanes of at least 4 members (excludes halogenated alkanes) is 1. The first-order chi connectivity index (χ1) is 69.9. The zero-order chi connectivity index (χ0) is 108. The van der Waals surface area contributed by atoms with Gasteiger partial charge in [0.25, 0.3) is 0 Å². The van der Waals surface area contributed by atoms with Gasteiger partial charge in [0.1, 0.15) is 97.2 Å². The van der Waals surface area contributed by atoms with E-state index >= 15 is 4.79 Å². The molecule has 0 saturated carbocycles. The molecule has 2 aromatic heterocycles. The summed E-state index contributed by atoms with van der Waals surface area (Å²) < 4.78 is 0. The number of aliphatic hydroxyl groups excluding tert-OH is 3. The number of aromatic nitrogens is 3. The van der Waals surface area contributed by atoms with E-state index in [0.29, 0.717) is 39.7 Å². The molecule has 0 radical (unpaired) electrons. The number of anilines is 1. The Labute approximate surface area is 857 Å². The summed E-state index contributed by atoms with van der Waals surface area (Å²) in [7, 11) is 0. The number of fused-ring (bicyclic) bond motifs is 1. The predicted molar refractivity (Wildman–Crippen MR) is 536 cm³/mol. The Bertz CT molecular complexity index is 5390. The Hall–Kier alpha value is -14.4. The number of H-pyrrole nitrogens is 2. The Kier molecular flexibility index (Phi) is 48.7. The van der Waals surface area contributed by atoms with E-state index in [9.17, 15) is 111 Å². The third-order valence-corrected chi connectivity index (χ3v) is 24.7. The number of carboxylic acids is 1. The molecule has 0 aliphatic carbocycles. The topological polar surface area (TPSA) is 799 Å². The lowest BCUT2D eigenvalue weighted by atomic mass is 9.99. The maximum Gasteiger partial charge on any atom is 0.322 e. The molecule has 17 atom stereocenters.